The summed E-state index contributed by atoms with van der Waals surface area (Å²) in [7, 11) is 0. The topological polar surface area (TPSA) is 115 Å². The number of nitrogens with one attached hydrogen (secondary N) is 2. The van der Waals surface area contributed by atoms with Crippen LogP contribution in [0.25, 0.3) is 16.9 Å². The number of aryl methyl sites for hydroxylation is 3. The van der Waals surface area contributed by atoms with Crippen LogP contribution < -0.4 is 10.6 Å². The van der Waals surface area contributed by atoms with E-state index in [1.807, 2.05) is 13.8 Å². The molecule has 0 saturated carbocycles. The Morgan fingerprint density at radius 1 is 1.05 bits per heavy atom. The number of pyridine rings is 1. The second-order valence-electron chi connectivity index (χ2n) is 8.51. The molecule has 4 aromatic heterocycles. The van der Waals surface area contributed by atoms with Gasteiger partial charge >= 0.3 is 6.18 Å². The third kappa shape index (κ3) is 4.77. The molecule has 0 radical (unpaired) electrons. The maximum atomic E-state index is 13.4. The third-order valence-corrected chi connectivity index (χ3v) is 5.86. The highest BCUT2D eigenvalue weighted by molar-refractivity contribution is 6.04. The molecule has 0 aliphatic rings. The van der Waals surface area contributed by atoms with E-state index in [-0.39, 0.29) is 23.1 Å². The van der Waals surface area contributed by atoms with Crippen LogP contribution in [0.2, 0.25) is 0 Å². The average Bonchev–Trinajstić information content (AvgIpc) is 3.51. The van der Waals surface area contributed by atoms with Crippen molar-refractivity contribution in [3.63, 3.8) is 0 Å². The second kappa shape index (κ2) is 9.57. The molecule has 1 aromatic carbocycles. The molecule has 0 spiro atoms. The molecule has 10 nitrogen and oxygen atoms in total. The lowest BCUT2D eigenvalue weighted by molar-refractivity contribution is -0.137. The number of carbonyl (C=O) groups excluding carboxylic acids is 1. The van der Waals surface area contributed by atoms with Crippen molar-refractivity contribution >= 4 is 34.3 Å². The molecule has 5 aromatic rings. The Kier molecular flexibility index (Phi) is 6.27. The van der Waals surface area contributed by atoms with Gasteiger partial charge in [-0.05, 0) is 50.6 Å². The largest absolute Gasteiger partial charge is 0.416 e. The summed E-state index contributed by atoms with van der Waals surface area (Å²) in [6, 6.07) is 8.80. The molecular formula is C25H22F3N9O. The molecule has 5 rings (SSSR count). The number of carbonyl (C=O) groups is 1. The van der Waals surface area contributed by atoms with Crippen molar-refractivity contribution in [3.05, 3.63) is 77.5 Å². The van der Waals surface area contributed by atoms with Crippen LogP contribution in [0.15, 0.2) is 55.1 Å². The Hall–Kier alpha value is -4.81. The van der Waals surface area contributed by atoms with Crippen LogP contribution in [0.5, 0.6) is 0 Å². The number of halogens is 3. The number of hydrogen-bond donors (Lipinski definition) is 2. The summed E-state index contributed by atoms with van der Waals surface area (Å²) in [5, 5.41) is 14.9. The predicted octanol–water partition coefficient (Wildman–Crippen LogP) is 5.06. The highest BCUT2D eigenvalue weighted by Crippen LogP contribution is 2.32. The minimum Gasteiger partial charge on any atom is -0.339 e. The zero-order valence-electron chi connectivity index (χ0n) is 20.6. The quantitative estimate of drug-likeness (QED) is 0.321. The van der Waals surface area contributed by atoms with Crippen LogP contribution in [0, 0.1) is 13.8 Å². The number of aromatic nitrogens is 7. The van der Waals surface area contributed by atoms with E-state index in [1.54, 1.807) is 35.1 Å². The summed E-state index contributed by atoms with van der Waals surface area (Å²) < 4.78 is 43.0. The van der Waals surface area contributed by atoms with E-state index in [2.05, 4.69) is 35.8 Å². The van der Waals surface area contributed by atoms with Crippen molar-refractivity contribution in [2.75, 3.05) is 10.6 Å². The molecule has 2 N–H and O–H groups in total. The van der Waals surface area contributed by atoms with Gasteiger partial charge in [-0.2, -0.15) is 28.1 Å². The lowest BCUT2D eigenvalue weighted by Crippen LogP contribution is -2.15. The molecule has 0 aliphatic carbocycles. The van der Waals surface area contributed by atoms with E-state index < -0.39 is 11.7 Å². The van der Waals surface area contributed by atoms with Crippen LogP contribution in [-0.2, 0) is 12.7 Å². The lowest BCUT2D eigenvalue weighted by atomic mass is 10.1. The van der Waals surface area contributed by atoms with Gasteiger partial charge in [0.25, 0.3) is 5.91 Å². The van der Waals surface area contributed by atoms with Crippen LogP contribution in [0.1, 0.15) is 34.1 Å². The highest BCUT2D eigenvalue weighted by atomic mass is 19.4. The summed E-state index contributed by atoms with van der Waals surface area (Å²) in [6.45, 7) is 5.88. The van der Waals surface area contributed by atoms with Gasteiger partial charge in [0.2, 0.25) is 0 Å². The molecule has 0 unspecified atom stereocenters. The van der Waals surface area contributed by atoms with Crippen molar-refractivity contribution < 1.29 is 18.0 Å². The van der Waals surface area contributed by atoms with Crippen molar-refractivity contribution in [2.45, 2.75) is 33.5 Å². The minimum absolute atomic E-state index is 0.0156. The first-order chi connectivity index (χ1) is 18.1. The van der Waals surface area contributed by atoms with E-state index in [4.69, 9.17) is 0 Å². The number of hydrogen-bond acceptors (Lipinski definition) is 7. The van der Waals surface area contributed by atoms with Crippen LogP contribution in [0.4, 0.5) is 30.5 Å². The van der Waals surface area contributed by atoms with Gasteiger partial charge in [-0.15, -0.1) is 0 Å². The minimum atomic E-state index is -4.53. The molecule has 0 bridgehead atoms. The van der Waals surface area contributed by atoms with Gasteiger partial charge in [-0.1, -0.05) is 6.07 Å². The lowest BCUT2D eigenvalue weighted by Gasteiger charge is -2.13. The van der Waals surface area contributed by atoms with E-state index in [0.717, 1.165) is 17.7 Å². The fraction of sp³-hybridized carbons (Fsp3) is 0.200. The average molecular weight is 522 g/mol. The van der Waals surface area contributed by atoms with Gasteiger partial charge in [-0.3, -0.25) is 4.79 Å². The standard InChI is InChI=1S/C25H22F3N9O/c1-4-36-20(7-8-31-36)35-24(38)16-6-5-14(2)19(10-16)34-22-18-12-32-37(23(18)30-13-29-22)21-11-17(25(26,27)28)9-15(3)33-21/h5-13H,4H2,1-3H3,(H,35,38)(H,29,30,34). The second-order valence-corrected chi connectivity index (χ2v) is 8.51. The van der Waals surface area contributed by atoms with Gasteiger partial charge in [0.15, 0.2) is 11.5 Å². The predicted molar refractivity (Wildman–Crippen MR) is 135 cm³/mol. The maximum absolute atomic E-state index is 13.4. The van der Waals surface area contributed by atoms with Gasteiger partial charge in [0, 0.05) is 29.6 Å². The zero-order valence-corrected chi connectivity index (χ0v) is 20.6. The first kappa shape index (κ1) is 24.9. The van der Waals surface area contributed by atoms with E-state index in [1.165, 1.54) is 24.1 Å². The highest BCUT2D eigenvalue weighted by Gasteiger charge is 2.31. The van der Waals surface area contributed by atoms with Crippen LogP contribution >= 0.6 is 0 Å². The number of alkyl halides is 3. The molecule has 1 amide bonds. The van der Waals surface area contributed by atoms with Gasteiger partial charge in [0.1, 0.15) is 18.0 Å². The first-order valence-electron chi connectivity index (χ1n) is 11.6. The number of fused-ring (bicyclic) bond motifs is 1. The number of nitrogens with zero attached hydrogens (tertiary/aromatic N) is 7. The van der Waals surface area contributed by atoms with E-state index in [9.17, 15) is 18.0 Å². The molecule has 0 atom stereocenters. The number of amides is 1. The Bertz CT molecular complexity index is 1660. The summed E-state index contributed by atoms with van der Waals surface area (Å²) in [6.07, 6.45) is -0.191. The molecule has 0 fully saturated rings. The maximum Gasteiger partial charge on any atom is 0.416 e. The first-order valence-corrected chi connectivity index (χ1v) is 11.6. The summed E-state index contributed by atoms with van der Waals surface area (Å²) in [4.78, 5) is 25.6. The Balaban J connectivity index is 1.47. The number of benzene rings is 1. The fourth-order valence-corrected chi connectivity index (χ4v) is 3.94. The molecular weight excluding hydrogens is 499 g/mol. The van der Waals surface area contributed by atoms with Crippen molar-refractivity contribution in [3.8, 4) is 5.82 Å². The van der Waals surface area contributed by atoms with Gasteiger partial charge in [0.05, 0.1) is 23.3 Å². The van der Waals surface area contributed by atoms with E-state index in [0.29, 0.717) is 34.8 Å². The Morgan fingerprint density at radius 3 is 2.63 bits per heavy atom. The van der Waals surface area contributed by atoms with Crippen molar-refractivity contribution in [1.29, 1.82) is 0 Å². The third-order valence-electron chi connectivity index (χ3n) is 5.86. The van der Waals surface area contributed by atoms with Gasteiger partial charge < -0.3 is 10.6 Å². The smallest absolute Gasteiger partial charge is 0.339 e. The summed E-state index contributed by atoms with van der Waals surface area (Å²) in [5.41, 5.74) is 1.50. The molecule has 38 heavy (non-hydrogen) atoms. The van der Waals surface area contributed by atoms with E-state index >= 15 is 0 Å². The van der Waals surface area contributed by atoms with Crippen LogP contribution in [0.3, 0.4) is 0 Å². The Morgan fingerprint density at radius 2 is 1.87 bits per heavy atom. The number of anilines is 3. The molecule has 194 valence electrons. The number of rotatable bonds is 6. The summed E-state index contributed by atoms with van der Waals surface area (Å²) in [5.74, 6) is 0.624. The molecule has 13 heteroatoms. The SMILES string of the molecule is CCn1nccc1NC(=O)c1ccc(C)c(Nc2ncnc3c2cnn3-c2cc(C(F)(F)F)cc(C)n2)c1. The van der Waals surface area contributed by atoms with Crippen molar-refractivity contribution in [1.82, 2.24) is 34.5 Å². The fourth-order valence-electron chi connectivity index (χ4n) is 3.94. The van der Waals surface area contributed by atoms with Gasteiger partial charge in [-0.25, -0.2) is 19.6 Å². The molecule has 0 saturated heterocycles. The molecule has 0 aliphatic heterocycles. The molecule has 4 heterocycles. The zero-order chi connectivity index (χ0) is 27.0. The van der Waals surface area contributed by atoms with Crippen LogP contribution in [-0.4, -0.2) is 40.4 Å². The van der Waals surface area contributed by atoms with Crippen molar-refractivity contribution in [2.24, 2.45) is 0 Å². The summed E-state index contributed by atoms with van der Waals surface area (Å²) >= 11 is 0. The monoisotopic (exact) mass is 521 g/mol. The Labute approximate surface area is 214 Å². The normalized spacial score (nSPS) is 11.6.